The lowest BCUT2D eigenvalue weighted by Crippen LogP contribution is -2.38. The van der Waals surface area contributed by atoms with E-state index in [1.54, 1.807) is 24.1 Å². The van der Waals surface area contributed by atoms with Gasteiger partial charge in [-0.05, 0) is 94.5 Å². The van der Waals surface area contributed by atoms with Crippen molar-refractivity contribution in [1.29, 1.82) is 0 Å². The quantitative estimate of drug-likeness (QED) is 0.216. The number of amides is 1. The molecule has 3 rings (SSSR count). The molecule has 1 amide bonds. The molecule has 198 valence electrons. The number of methoxy groups -OCH3 is 2. The van der Waals surface area contributed by atoms with E-state index >= 15 is 0 Å². The number of Topliss-reactive ketones (excluding diaryl/α,β-unsaturated/α-hetero) is 1. The summed E-state index contributed by atoms with van der Waals surface area (Å²) in [5, 5.41) is 0. The van der Waals surface area contributed by atoms with Crippen LogP contribution in [0.5, 0.6) is 17.2 Å². The summed E-state index contributed by atoms with van der Waals surface area (Å²) in [5.41, 5.74) is 7.75. The molecule has 0 saturated carbocycles. The second kappa shape index (κ2) is 14.1. The van der Waals surface area contributed by atoms with Crippen LogP contribution in [-0.2, 0) is 11.2 Å². The highest BCUT2D eigenvalue weighted by Gasteiger charge is 2.30. The van der Waals surface area contributed by atoms with Crippen LogP contribution in [0.3, 0.4) is 0 Å². The summed E-state index contributed by atoms with van der Waals surface area (Å²) in [6.45, 7) is 3.27. The first kappa shape index (κ1) is 30.2. The Balaban J connectivity index is 0.00000456. The fourth-order valence-corrected chi connectivity index (χ4v) is 5.13. The van der Waals surface area contributed by atoms with E-state index in [2.05, 4.69) is 36.8 Å². The Hall–Kier alpha value is -2.01. The van der Waals surface area contributed by atoms with E-state index in [1.807, 2.05) is 19.2 Å². The number of hydrogen-bond donors (Lipinski definition) is 1. The van der Waals surface area contributed by atoms with Gasteiger partial charge in [0.05, 0.1) is 26.5 Å². The maximum atomic E-state index is 12.8. The van der Waals surface area contributed by atoms with Gasteiger partial charge >= 0.3 is 0 Å². The summed E-state index contributed by atoms with van der Waals surface area (Å²) >= 11 is 6.84. The van der Waals surface area contributed by atoms with Crippen molar-refractivity contribution in [1.82, 2.24) is 9.80 Å². The fourth-order valence-electron chi connectivity index (χ4n) is 3.98. The molecule has 0 aromatic heterocycles. The van der Waals surface area contributed by atoms with Crippen LogP contribution in [0, 0.1) is 0 Å². The van der Waals surface area contributed by atoms with Gasteiger partial charge in [0.25, 0.3) is 11.7 Å². The Morgan fingerprint density at radius 3 is 2.25 bits per heavy atom. The number of halogens is 3. The molecule has 11 heteroatoms. The van der Waals surface area contributed by atoms with Gasteiger partial charge in [-0.1, -0.05) is 0 Å². The zero-order valence-corrected chi connectivity index (χ0v) is 24.6. The second-order valence-corrected chi connectivity index (χ2v) is 10.1. The number of ketones is 1. The number of ether oxygens (including phenoxy) is 3. The van der Waals surface area contributed by atoms with Gasteiger partial charge < -0.3 is 29.7 Å². The number of hydrogen-bond acceptors (Lipinski definition) is 7. The normalized spacial score (nSPS) is 13.2. The second-order valence-electron chi connectivity index (χ2n) is 8.40. The molecule has 2 aromatic carbocycles. The zero-order chi connectivity index (χ0) is 25.5. The molecular weight excluding hydrogens is 618 g/mol. The first-order valence-corrected chi connectivity index (χ1v) is 13.0. The first-order chi connectivity index (χ1) is 16.7. The van der Waals surface area contributed by atoms with E-state index in [0.717, 1.165) is 46.2 Å². The maximum absolute atomic E-state index is 12.8. The molecule has 0 atom stereocenters. The third kappa shape index (κ3) is 7.50. The lowest BCUT2D eigenvalue weighted by atomic mass is 10.0. The van der Waals surface area contributed by atoms with Crippen LogP contribution in [0.4, 0.5) is 5.69 Å². The third-order valence-corrected chi connectivity index (χ3v) is 7.27. The Bertz CT molecular complexity index is 1060. The van der Waals surface area contributed by atoms with E-state index in [1.165, 1.54) is 7.11 Å². The summed E-state index contributed by atoms with van der Waals surface area (Å²) < 4.78 is 18.1. The summed E-state index contributed by atoms with van der Waals surface area (Å²) in [7, 11) is 5.11. The minimum atomic E-state index is -0.495. The number of fused-ring (bicyclic) bond motifs is 1. The number of nitrogens with two attached hydrogens (primary N) is 1. The van der Waals surface area contributed by atoms with Crippen molar-refractivity contribution in [3.8, 4) is 17.2 Å². The van der Waals surface area contributed by atoms with Crippen LogP contribution in [-0.4, -0.2) is 75.5 Å². The van der Waals surface area contributed by atoms with E-state index < -0.39 is 11.7 Å². The van der Waals surface area contributed by atoms with Gasteiger partial charge in [0.15, 0.2) is 11.5 Å². The van der Waals surface area contributed by atoms with Crippen molar-refractivity contribution >= 4 is 61.6 Å². The Morgan fingerprint density at radius 2 is 1.61 bits per heavy atom. The fraction of sp³-hybridized carbons (Fsp3) is 0.440. The highest BCUT2D eigenvalue weighted by molar-refractivity contribution is 9.11. The van der Waals surface area contributed by atoms with Crippen molar-refractivity contribution in [3.63, 3.8) is 0 Å². The standard InChI is InChI=1S/C25H31Br2N3O5.ClH/c1-29(8-5-11-35-17-13-19(26)23(28)20(27)14-17)7-4-9-30-10-6-16-12-21(33-2)22(34-3)15-18(16)24(31)25(30)32;/h12-15H,4-11,28H2,1-3H3;1H. The van der Waals surface area contributed by atoms with Crippen LogP contribution < -0.4 is 19.9 Å². The lowest BCUT2D eigenvalue weighted by molar-refractivity contribution is -0.126. The van der Waals surface area contributed by atoms with E-state index in [4.69, 9.17) is 19.9 Å². The maximum Gasteiger partial charge on any atom is 0.294 e. The lowest BCUT2D eigenvalue weighted by Gasteiger charge is -2.22. The predicted octanol–water partition coefficient (Wildman–Crippen LogP) is 4.59. The number of benzene rings is 2. The Morgan fingerprint density at radius 1 is 1.00 bits per heavy atom. The van der Waals surface area contributed by atoms with E-state index in [9.17, 15) is 9.59 Å². The van der Waals surface area contributed by atoms with Crippen molar-refractivity contribution < 1.29 is 23.8 Å². The highest BCUT2D eigenvalue weighted by atomic mass is 79.9. The van der Waals surface area contributed by atoms with Gasteiger partial charge in [-0.3, -0.25) is 9.59 Å². The molecule has 0 aliphatic carbocycles. The molecule has 0 radical (unpaired) electrons. The Labute approximate surface area is 235 Å². The third-order valence-electron chi connectivity index (χ3n) is 5.96. The van der Waals surface area contributed by atoms with Crippen LogP contribution in [0.25, 0.3) is 0 Å². The number of carbonyl (C=O) groups excluding carboxylic acids is 2. The molecule has 1 aliphatic rings. The summed E-state index contributed by atoms with van der Waals surface area (Å²) in [6, 6.07) is 7.11. The molecule has 0 bridgehead atoms. The van der Waals surface area contributed by atoms with Crippen LogP contribution in [0.2, 0.25) is 0 Å². The zero-order valence-electron chi connectivity index (χ0n) is 20.6. The van der Waals surface area contributed by atoms with Crippen molar-refractivity contribution in [2.24, 2.45) is 0 Å². The SMILES string of the molecule is COc1cc2c(cc1OC)C(=O)C(=O)N(CCCN(C)CCCOc1cc(Br)c(N)c(Br)c1)CC2.Cl. The van der Waals surface area contributed by atoms with Gasteiger partial charge in [0.2, 0.25) is 0 Å². The number of anilines is 1. The van der Waals surface area contributed by atoms with Crippen LogP contribution in [0.15, 0.2) is 33.2 Å². The summed E-state index contributed by atoms with van der Waals surface area (Å²) in [6.07, 6.45) is 2.23. The minimum Gasteiger partial charge on any atom is -0.493 e. The largest absolute Gasteiger partial charge is 0.493 e. The Kier molecular flexibility index (Phi) is 11.8. The summed E-state index contributed by atoms with van der Waals surface area (Å²) in [4.78, 5) is 29.5. The highest BCUT2D eigenvalue weighted by Crippen LogP contribution is 2.33. The van der Waals surface area contributed by atoms with Crippen LogP contribution in [0.1, 0.15) is 28.8 Å². The van der Waals surface area contributed by atoms with Gasteiger partial charge in [-0.2, -0.15) is 0 Å². The van der Waals surface area contributed by atoms with Gasteiger partial charge in [-0.15, -0.1) is 12.4 Å². The number of rotatable bonds is 11. The molecule has 0 fully saturated rings. The predicted molar refractivity (Wildman–Crippen MR) is 150 cm³/mol. The summed E-state index contributed by atoms with van der Waals surface area (Å²) in [5.74, 6) is 0.796. The topological polar surface area (TPSA) is 94.3 Å². The van der Waals surface area contributed by atoms with Gasteiger partial charge in [0.1, 0.15) is 5.75 Å². The van der Waals surface area contributed by atoms with Crippen molar-refractivity contribution in [3.05, 3.63) is 44.3 Å². The van der Waals surface area contributed by atoms with Gasteiger partial charge in [-0.25, -0.2) is 0 Å². The van der Waals surface area contributed by atoms with Crippen LogP contribution >= 0.6 is 44.3 Å². The molecule has 8 nitrogen and oxygen atoms in total. The monoisotopic (exact) mass is 647 g/mol. The smallest absolute Gasteiger partial charge is 0.294 e. The number of nitrogen functional groups attached to an aromatic ring is 1. The molecular formula is C25H32Br2ClN3O5. The number of nitrogens with zero attached hydrogens (tertiary/aromatic N) is 2. The number of carbonyl (C=O) groups is 2. The molecule has 0 spiro atoms. The average Bonchev–Trinajstić information content (AvgIpc) is 2.95. The molecule has 36 heavy (non-hydrogen) atoms. The average molecular weight is 650 g/mol. The molecule has 1 heterocycles. The van der Waals surface area contributed by atoms with E-state index in [-0.39, 0.29) is 12.4 Å². The van der Waals surface area contributed by atoms with E-state index in [0.29, 0.717) is 48.9 Å². The first-order valence-electron chi connectivity index (χ1n) is 11.4. The van der Waals surface area contributed by atoms with Crippen molar-refractivity contribution in [2.75, 3.05) is 59.8 Å². The van der Waals surface area contributed by atoms with Crippen molar-refractivity contribution in [2.45, 2.75) is 19.3 Å². The molecule has 0 unspecified atom stereocenters. The molecule has 0 saturated heterocycles. The van der Waals surface area contributed by atoms with Gasteiger partial charge in [0, 0.05) is 34.1 Å². The molecule has 2 N–H and O–H groups in total. The molecule has 2 aromatic rings. The minimum absolute atomic E-state index is 0. The molecule has 1 aliphatic heterocycles.